The number of fused-ring (bicyclic) bond motifs is 6. The number of carbonyl (C=O) groups excluding carboxylic acids is 2. The number of hydrogen-bond donors (Lipinski definition) is 4. The van der Waals surface area contributed by atoms with Gasteiger partial charge in [-0.15, -0.1) is 0 Å². The van der Waals surface area contributed by atoms with Gasteiger partial charge in [0, 0.05) is 58.7 Å². The molecule has 6 heterocycles. The maximum absolute atomic E-state index is 10.6. The van der Waals surface area contributed by atoms with Gasteiger partial charge in [0.15, 0.2) is 0 Å². The third-order valence-electron chi connectivity index (χ3n) is 6.77. The topological polar surface area (TPSA) is 326 Å². The number of aromatic amines is 4. The molecule has 0 spiro atoms. The minimum absolute atomic E-state index is 0. The first-order chi connectivity index (χ1) is 24.1. The van der Waals surface area contributed by atoms with Gasteiger partial charge in [0.05, 0.1) is 45.1 Å². The number of carbonyl (C=O) groups is 2. The van der Waals surface area contributed by atoms with Gasteiger partial charge in [-0.25, -0.2) is 9.59 Å². The standard InChI is InChI=1S/2C12H8N2.2C5H4N2O4.Gd.2H2O/c2*1-3-9-5-6-10-4-2-8-14-12(10)11(9)13-7-1;2*8-3-2(4(9)10)1-6-5(11)7-3;;;/h2*1-8H;2*1H,(H,9,10)(H2,6,7,8,11);;2*1H2/q;;;;+2;;/p-2. The second kappa shape index (κ2) is 19.9. The summed E-state index contributed by atoms with van der Waals surface area (Å²) in [4.78, 5) is 86.8. The molecule has 53 heavy (non-hydrogen) atoms. The summed E-state index contributed by atoms with van der Waals surface area (Å²) in [5.41, 5.74) is -0.705. The summed E-state index contributed by atoms with van der Waals surface area (Å²) in [5.74, 6) is -3.25. The van der Waals surface area contributed by atoms with Gasteiger partial charge < -0.3 is 40.7 Å². The van der Waals surface area contributed by atoms with Crippen molar-refractivity contribution in [3.05, 3.63) is 163 Å². The first-order valence-corrected chi connectivity index (χ1v) is 14.4. The first-order valence-electron chi connectivity index (χ1n) is 14.4. The van der Waals surface area contributed by atoms with E-state index < -0.39 is 45.6 Å². The van der Waals surface area contributed by atoms with Crippen LogP contribution in [0.3, 0.4) is 0 Å². The number of hydrogen-bond acceptors (Lipinski definition) is 12. The Morgan fingerprint density at radius 1 is 0.472 bits per heavy atom. The van der Waals surface area contributed by atoms with Crippen molar-refractivity contribution >= 4 is 55.6 Å². The maximum Gasteiger partial charge on any atom is 2.00 e. The average Bonchev–Trinajstić information content (AvgIpc) is 3.12. The van der Waals surface area contributed by atoms with Crippen molar-refractivity contribution in [1.82, 2.24) is 39.9 Å². The molecule has 0 atom stereocenters. The minimum Gasteiger partial charge on any atom is -0.545 e. The molecule has 0 fully saturated rings. The fourth-order valence-electron chi connectivity index (χ4n) is 4.48. The van der Waals surface area contributed by atoms with E-state index in [0.29, 0.717) is 0 Å². The Labute approximate surface area is 327 Å². The van der Waals surface area contributed by atoms with Crippen LogP contribution < -0.4 is 32.7 Å². The molecular weight excluding hydrogens is 838 g/mol. The first kappa shape index (κ1) is 42.8. The number of carboxylic acids is 2. The Morgan fingerprint density at radius 3 is 0.962 bits per heavy atom. The number of H-pyrrole nitrogens is 4. The van der Waals surface area contributed by atoms with Gasteiger partial charge in [0.2, 0.25) is 0 Å². The van der Waals surface area contributed by atoms with Crippen molar-refractivity contribution in [1.29, 1.82) is 0 Å². The minimum atomic E-state index is -1.62. The molecule has 0 unspecified atom stereocenters. The molecule has 0 saturated heterocycles. The van der Waals surface area contributed by atoms with Gasteiger partial charge in [-0.1, -0.05) is 48.5 Å². The van der Waals surface area contributed by atoms with Gasteiger partial charge in [-0.2, -0.15) is 0 Å². The summed E-state index contributed by atoms with van der Waals surface area (Å²) in [6.45, 7) is 0. The van der Waals surface area contributed by atoms with Crippen molar-refractivity contribution in [2.45, 2.75) is 0 Å². The summed E-state index contributed by atoms with van der Waals surface area (Å²) in [7, 11) is 0. The van der Waals surface area contributed by atoms with Crippen LogP contribution in [0.4, 0.5) is 0 Å². The second-order valence-electron chi connectivity index (χ2n) is 9.98. The molecule has 0 saturated carbocycles. The number of nitrogens with zero attached hydrogens (tertiary/aromatic N) is 4. The number of rotatable bonds is 2. The van der Waals surface area contributed by atoms with Crippen LogP contribution in [-0.2, 0) is 0 Å². The molecule has 0 radical (unpaired) electrons. The number of aromatic nitrogens is 8. The Kier molecular flexibility index (Phi) is 16.0. The van der Waals surface area contributed by atoms with Crippen LogP contribution in [0, 0.1) is 39.9 Å². The van der Waals surface area contributed by atoms with Crippen LogP contribution in [0.25, 0.3) is 43.6 Å². The summed E-state index contributed by atoms with van der Waals surface area (Å²) in [6, 6.07) is 24.3. The zero-order valence-corrected chi connectivity index (χ0v) is 29.1. The average molecular weight is 864 g/mol. The van der Waals surface area contributed by atoms with Crippen LogP contribution >= 0.6 is 0 Å². The quantitative estimate of drug-likeness (QED) is 0.149. The van der Waals surface area contributed by atoms with Crippen LogP contribution in [0.2, 0.25) is 0 Å². The van der Waals surface area contributed by atoms with E-state index >= 15 is 0 Å². The fourth-order valence-corrected chi connectivity index (χ4v) is 4.48. The Morgan fingerprint density at radius 2 is 0.736 bits per heavy atom. The second-order valence-corrected chi connectivity index (χ2v) is 9.98. The molecule has 0 amide bonds. The van der Waals surface area contributed by atoms with E-state index in [-0.39, 0.29) is 50.9 Å². The number of carboxylic acid groups (broad SMARTS) is 2. The van der Waals surface area contributed by atoms with Gasteiger partial charge in [-0.05, 0) is 24.3 Å². The predicted molar refractivity (Wildman–Crippen MR) is 185 cm³/mol. The Hall–Kier alpha value is -6.38. The molecule has 0 aliphatic rings. The molecule has 270 valence electrons. The van der Waals surface area contributed by atoms with Gasteiger partial charge in [0.1, 0.15) is 0 Å². The van der Waals surface area contributed by atoms with Crippen molar-refractivity contribution in [3.63, 3.8) is 0 Å². The SMILES string of the molecule is O.O.O=C([O-])c1c[nH]c(=O)[nH]c1=O.O=C([O-])c1c[nH]c(=O)[nH]c1=O.[Gd+2].c1cnc2c(c1)ccc1cccnc12.c1cnc2c(c1)ccc1cccnc12. The molecule has 8 rings (SSSR count). The largest absolute Gasteiger partial charge is 2.00 e. The van der Waals surface area contributed by atoms with E-state index in [0.717, 1.165) is 56.0 Å². The zero-order chi connectivity index (χ0) is 35.6. The van der Waals surface area contributed by atoms with Crippen LogP contribution in [-0.4, -0.2) is 62.8 Å². The van der Waals surface area contributed by atoms with Crippen LogP contribution in [0.1, 0.15) is 20.7 Å². The monoisotopic (exact) mass is 864 g/mol. The van der Waals surface area contributed by atoms with Gasteiger partial charge >= 0.3 is 51.3 Å². The van der Waals surface area contributed by atoms with Gasteiger partial charge in [-0.3, -0.25) is 39.5 Å². The molecule has 19 heteroatoms. The van der Waals surface area contributed by atoms with Crippen LogP contribution in [0.15, 0.2) is 129 Å². The fraction of sp³-hybridized carbons (Fsp3) is 0. The van der Waals surface area contributed by atoms with Crippen molar-refractivity contribution < 1.29 is 70.7 Å². The van der Waals surface area contributed by atoms with E-state index in [1.807, 2.05) is 34.2 Å². The summed E-state index contributed by atoms with van der Waals surface area (Å²) in [5, 5.41) is 24.7. The molecule has 0 aliphatic heterocycles. The molecule has 0 bridgehead atoms. The van der Waals surface area contributed by atoms with Crippen molar-refractivity contribution in [2.24, 2.45) is 0 Å². The van der Waals surface area contributed by atoms with E-state index in [1.165, 1.54) is 0 Å². The normalized spacial score (nSPS) is 9.66. The van der Waals surface area contributed by atoms with Crippen molar-refractivity contribution in [2.75, 3.05) is 0 Å². The van der Waals surface area contributed by atoms with E-state index in [2.05, 4.69) is 68.5 Å². The predicted octanol–water partition coefficient (Wildman–Crippen LogP) is -1.23. The Balaban J connectivity index is 0.000000242. The number of benzene rings is 2. The summed E-state index contributed by atoms with van der Waals surface area (Å²) >= 11 is 0. The third-order valence-corrected chi connectivity index (χ3v) is 6.77. The third kappa shape index (κ3) is 10.8. The Bertz CT molecular complexity index is 2450. The molecule has 8 N–H and O–H groups in total. The number of pyridine rings is 4. The molecule has 2 aromatic carbocycles. The molecule has 0 aliphatic carbocycles. The zero-order valence-electron chi connectivity index (χ0n) is 26.8. The summed E-state index contributed by atoms with van der Waals surface area (Å²) in [6.07, 6.45) is 8.78. The summed E-state index contributed by atoms with van der Waals surface area (Å²) < 4.78 is 0. The van der Waals surface area contributed by atoms with E-state index in [4.69, 9.17) is 0 Å². The smallest absolute Gasteiger partial charge is 0.545 e. The van der Waals surface area contributed by atoms with Crippen LogP contribution in [0.5, 0.6) is 0 Å². The number of aromatic carboxylic acids is 2. The van der Waals surface area contributed by atoms with Crippen molar-refractivity contribution in [3.8, 4) is 0 Å². The molecule has 6 aromatic heterocycles. The maximum atomic E-state index is 10.6. The van der Waals surface area contributed by atoms with Gasteiger partial charge in [0.25, 0.3) is 11.1 Å². The molecule has 18 nitrogen and oxygen atoms in total. The number of nitrogens with one attached hydrogen (secondary N) is 4. The molecule has 8 aromatic rings. The van der Waals surface area contributed by atoms with E-state index in [9.17, 15) is 39.0 Å². The van der Waals surface area contributed by atoms with E-state index in [1.54, 1.807) is 34.8 Å². The molecular formula is C34H26GdN8O10.